The SMILES string of the molecule is CCCCC(CC)Cc1c(C)c(C)c(S(=O)(=O)O)c2ccccc12. The molecule has 0 heterocycles. The first-order valence-electron chi connectivity index (χ1n) is 8.79. The van der Waals surface area contributed by atoms with Gasteiger partial charge in [0.2, 0.25) is 0 Å². The maximum atomic E-state index is 11.9. The standard InChI is InChI=1S/C20H28O3S/c1-5-7-10-16(6-2)13-19-14(3)15(4)20(24(21,22)23)18-12-9-8-11-17(18)19/h8-9,11-12,16H,5-7,10,13H2,1-4H3,(H,21,22,23). The fourth-order valence-corrected chi connectivity index (χ4v) is 4.57. The molecule has 0 saturated carbocycles. The van der Waals surface area contributed by atoms with E-state index in [-0.39, 0.29) is 4.90 Å². The summed E-state index contributed by atoms with van der Waals surface area (Å²) in [7, 11) is -4.25. The van der Waals surface area contributed by atoms with Crippen molar-refractivity contribution in [3.05, 3.63) is 41.0 Å². The van der Waals surface area contributed by atoms with Crippen molar-refractivity contribution in [2.24, 2.45) is 5.92 Å². The maximum Gasteiger partial charge on any atom is 0.295 e. The summed E-state index contributed by atoms with van der Waals surface area (Å²) in [5.41, 5.74) is 2.87. The zero-order valence-corrected chi connectivity index (χ0v) is 15.9. The zero-order chi connectivity index (χ0) is 17.9. The number of benzene rings is 2. The lowest BCUT2D eigenvalue weighted by Crippen LogP contribution is -2.10. The summed E-state index contributed by atoms with van der Waals surface area (Å²) in [5.74, 6) is 0.600. The summed E-state index contributed by atoms with van der Waals surface area (Å²) in [4.78, 5) is 0.0564. The fraction of sp³-hybridized carbons (Fsp3) is 0.500. The highest BCUT2D eigenvalue weighted by Gasteiger charge is 2.23. The van der Waals surface area contributed by atoms with Crippen molar-refractivity contribution in [3.63, 3.8) is 0 Å². The van der Waals surface area contributed by atoms with Gasteiger partial charge in [-0.25, -0.2) is 0 Å². The molecule has 1 unspecified atom stereocenters. The Balaban J connectivity index is 2.66. The summed E-state index contributed by atoms with van der Waals surface area (Å²) >= 11 is 0. The lowest BCUT2D eigenvalue weighted by molar-refractivity contribution is 0.449. The van der Waals surface area contributed by atoms with Crippen molar-refractivity contribution in [1.82, 2.24) is 0 Å². The van der Waals surface area contributed by atoms with E-state index in [4.69, 9.17) is 0 Å². The normalized spacial score (nSPS) is 13.4. The Bertz CT molecular complexity index is 822. The Kier molecular flexibility index (Phi) is 6.05. The van der Waals surface area contributed by atoms with Crippen LogP contribution in [-0.2, 0) is 16.5 Å². The van der Waals surface area contributed by atoms with Gasteiger partial charge in [0.15, 0.2) is 0 Å². The third-order valence-corrected chi connectivity index (χ3v) is 6.19. The van der Waals surface area contributed by atoms with E-state index in [1.54, 1.807) is 13.0 Å². The van der Waals surface area contributed by atoms with Gasteiger partial charge in [0.05, 0.1) is 0 Å². The molecule has 2 rings (SSSR count). The largest absolute Gasteiger partial charge is 0.295 e. The molecule has 1 atom stereocenters. The van der Waals surface area contributed by atoms with Crippen molar-refractivity contribution in [2.75, 3.05) is 0 Å². The molecule has 4 heteroatoms. The van der Waals surface area contributed by atoms with Crippen molar-refractivity contribution in [2.45, 2.75) is 64.7 Å². The maximum absolute atomic E-state index is 11.9. The van der Waals surface area contributed by atoms with E-state index in [2.05, 4.69) is 13.8 Å². The van der Waals surface area contributed by atoms with Gasteiger partial charge in [-0.05, 0) is 48.3 Å². The molecule has 2 aromatic carbocycles. The van der Waals surface area contributed by atoms with Crippen LogP contribution in [0.15, 0.2) is 29.2 Å². The predicted molar refractivity (Wildman–Crippen MR) is 100 cm³/mol. The summed E-state index contributed by atoms with van der Waals surface area (Å²) in [5, 5.41) is 1.58. The van der Waals surface area contributed by atoms with E-state index in [0.29, 0.717) is 16.9 Å². The van der Waals surface area contributed by atoms with Crippen LogP contribution < -0.4 is 0 Å². The molecule has 0 bridgehead atoms. The number of unbranched alkanes of at least 4 members (excludes halogenated alkanes) is 1. The van der Waals surface area contributed by atoms with Gasteiger partial charge in [0, 0.05) is 5.39 Å². The molecule has 0 aliphatic heterocycles. The number of fused-ring (bicyclic) bond motifs is 1. The molecule has 2 aromatic rings. The second-order valence-electron chi connectivity index (χ2n) is 6.70. The van der Waals surface area contributed by atoms with Crippen LogP contribution in [0.4, 0.5) is 0 Å². The van der Waals surface area contributed by atoms with Gasteiger partial charge in [-0.1, -0.05) is 63.8 Å². The topological polar surface area (TPSA) is 54.4 Å². The molecular weight excluding hydrogens is 320 g/mol. The first-order valence-corrected chi connectivity index (χ1v) is 10.2. The Morgan fingerprint density at radius 3 is 2.21 bits per heavy atom. The molecule has 1 N–H and O–H groups in total. The van der Waals surface area contributed by atoms with Crippen molar-refractivity contribution >= 4 is 20.9 Å². The van der Waals surface area contributed by atoms with Crippen molar-refractivity contribution < 1.29 is 13.0 Å². The molecule has 0 amide bonds. The summed E-state index contributed by atoms with van der Waals surface area (Å²) in [6, 6.07) is 7.52. The molecule has 0 aliphatic rings. The van der Waals surface area contributed by atoms with Gasteiger partial charge in [0.1, 0.15) is 4.90 Å². The van der Waals surface area contributed by atoms with E-state index >= 15 is 0 Å². The Hall–Kier alpha value is -1.39. The first kappa shape index (κ1) is 18.9. The predicted octanol–water partition coefficient (Wildman–Crippen LogP) is 5.46. The van der Waals surface area contributed by atoms with E-state index < -0.39 is 10.1 Å². The highest BCUT2D eigenvalue weighted by atomic mass is 32.2. The lowest BCUT2D eigenvalue weighted by Gasteiger charge is -2.21. The average molecular weight is 349 g/mol. The quantitative estimate of drug-likeness (QED) is 0.676. The van der Waals surface area contributed by atoms with E-state index in [1.165, 1.54) is 24.8 Å². The second kappa shape index (κ2) is 7.66. The van der Waals surface area contributed by atoms with Crippen LogP contribution in [0.2, 0.25) is 0 Å². The number of hydrogen-bond donors (Lipinski definition) is 1. The zero-order valence-electron chi connectivity index (χ0n) is 15.1. The molecule has 0 spiro atoms. The fourth-order valence-electron chi connectivity index (χ4n) is 3.57. The average Bonchev–Trinajstić information content (AvgIpc) is 2.53. The van der Waals surface area contributed by atoms with Crippen LogP contribution in [0.25, 0.3) is 10.8 Å². The number of hydrogen-bond acceptors (Lipinski definition) is 2. The molecule has 0 saturated heterocycles. The molecular formula is C20H28O3S. The van der Waals surface area contributed by atoms with Crippen LogP contribution >= 0.6 is 0 Å². The van der Waals surface area contributed by atoms with Crippen LogP contribution in [-0.4, -0.2) is 13.0 Å². The second-order valence-corrected chi connectivity index (χ2v) is 8.06. The van der Waals surface area contributed by atoms with Crippen molar-refractivity contribution in [1.29, 1.82) is 0 Å². The molecule has 0 aliphatic carbocycles. The van der Waals surface area contributed by atoms with Gasteiger partial charge in [0.25, 0.3) is 10.1 Å². The van der Waals surface area contributed by atoms with Crippen LogP contribution in [0.5, 0.6) is 0 Å². The van der Waals surface area contributed by atoms with E-state index in [1.807, 2.05) is 25.1 Å². The third-order valence-electron chi connectivity index (χ3n) is 5.15. The molecule has 0 radical (unpaired) electrons. The van der Waals surface area contributed by atoms with E-state index in [0.717, 1.165) is 23.8 Å². The van der Waals surface area contributed by atoms with Crippen LogP contribution in [0.3, 0.4) is 0 Å². The number of rotatable bonds is 7. The smallest absolute Gasteiger partial charge is 0.282 e. The molecule has 24 heavy (non-hydrogen) atoms. The Morgan fingerprint density at radius 1 is 1.04 bits per heavy atom. The lowest BCUT2D eigenvalue weighted by atomic mass is 9.86. The highest BCUT2D eigenvalue weighted by Crippen LogP contribution is 2.35. The minimum absolute atomic E-state index is 0.0564. The van der Waals surface area contributed by atoms with Gasteiger partial charge >= 0.3 is 0 Å². The van der Waals surface area contributed by atoms with Gasteiger partial charge < -0.3 is 0 Å². The Labute approximate surface area is 145 Å². The summed E-state index contributed by atoms with van der Waals surface area (Å²) < 4.78 is 33.5. The molecule has 0 aromatic heterocycles. The molecule has 0 fully saturated rings. The van der Waals surface area contributed by atoms with Gasteiger partial charge in [-0.2, -0.15) is 8.42 Å². The third kappa shape index (κ3) is 3.81. The molecule has 132 valence electrons. The highest BCUT2D eigenvalue weighted by molar-refractivity contribution is 7.86. The monoisotopic (exact) mass is 348 g/mol. The van der Waals surface area contributed by atoms with Crippen LogP contribution in [0.1, 0.15) is 56.2 Å². The van der Waals surface area contributed by atoms with Crippen LogP contribution in [0, 0.1) is 19.8 Å². The molecule has 3 nitrogen and oxygen atoms in total. The van der Waals surface area contributed by atoms with Gasteiger partial charge in [-0.15, -0.1) is 0 Å². The van der Waals surface area contributed by atoms with Gasteiger partial charge in [-0.3, -0.25) is 4.55 Å². The summed E-state index contributed by atoms with van der Waals surface area (Å²) in [6.45, 7) is 8.19. The minimum Gasteiger partial charge on any atom is -0.282 e. The Morgan fingerprint density at radius 2 is 1.67 bits per heavy atom. The first-order chi connectivity index (χ1) is 11.3. The summed E-state index contributed by atoms with van der Waals surface area (Å²) in [6.07, 6.45) is 5.68. The van der Waals surface area contributed by atoms with Crippen molar-refractivity contribution in [3.8, 4) is 0 Å². The minimum atomic E-state index is -4.25. The van der Waals surface area contributed by atoms with E-state index in [9.17, 15) is 13.0 Å².